The number of aromatic nitrogens is 1. The lowest BCUT2D eigenvalue weighted by molar-refractivity contribution is 0.104. The van der Waals surface area contributed by atoms with Crippen molar-refractivity contribution in [1.82, 2.24) is 4.98 Å². The predicted molar refractivity (Wildman–Crippen MR) is 114 cm³/mol. The Balaban J connectivity index is 1.52. The van der Waals surface area contributed by atoms with Gasteiger partial charge in [-0.2, -0.15) is 0 Å². The number of pyridine rings is 1. The van der Waals surface area contributed by atoms with Gasteiger partial charge in [0.15, 0.2) is 5.78 Å². The van der Waals surface area contributed by atoms with Gasteiger partial charge in [0.25, 0.3) is 0 Å². The summed E-state index contributed by atoms with van der Waals surface area (Å²) in [6, 6.07) is 18.9. The first kappa shape index (κ1) is 17.5. The number of rotatable bonds is 5. The van der Waals surface area contributed by atoms with Gasteiger partial charge in [-0.15, -0.1) is 11.3 Å². The fourth-order valence-electron chi connectivity index (χ4n) is 2.74. The molecule has 2 heterocycles. The molecule has 0 spiro atoms. The van der Waals surface area contributed by atoms with E-state index in [0.717, 1.165) is 27.2 Å². The lowest BCUT2D eigenvalue weighted by atomic mass is 10.1. The van der Waals surface area contributed by atoms with Gasteiger partial charge in [-0.3, -0.25) is 9.78 Å². The highest BCUT2D eigenvalue weighted by atomic mass is 35.5. The Labute approximate surface area is 166 Å². The van der Waals surface area contributed by atoms with Crippen LogP contribution in [0.5, 0.6) is 0 Å². The summed E-state index contributed by atoms with van der Waals surface area (Å²) < 4.78 is 0. The van der Waals surface area contributed by atoms with Crippen molar-refractivity contribution in [3.63, 3.8) is 0 Å². The molecule has 3 nitrogen and oxygen atoms in total. The van der Waals surface area contributed by atoms with E-state index in [9.17, 15) is 4.79 Å². The van der Waals surface area contributed by atoms with Crippen molar-refractivity contribution < 1.29 is 4.79 Å². The van der Waals surface area contributed by atoms with Crippen LogP contribution in [0.25, 0.3) is 17.0 Å². The fourth-order valence-corrected chi connectivity index (χ4v) is 3.53. The van der Waals surface area contributed by atoms with Crippen LogP contribution >= 0.6 is 22.9 Å². The number of allylic oxidation sites excluding steroid dienone is 1. The molecule has 0 saturated heterocycles. The van der Waals surface area contributed by atoms with Crippen molar-refractivity contribution in [2.45, 2.75) is 0 Å². The maximum atomic E-state index is 12.3. The quantitative estimate of drug-likeness (QED) is 0.308. The van der Waals surface area contributed by atoms with Gasteiger partial charge in [0.1, 0.15) is 0 Å². The van der Waals surface area contributed by atoms with E-state index in [4.69, 9.17) is 11.6 Å². The van der Waals surface area contributed by atoms with Gasteiger partial charge in [0.05, 0.1) is 5.52 Å². The van der Waals surface area contributed by atoms with Crippen molar-refractivity contribution in [2.75, 3.05) is 5.32 Å². The van der Waals surface area contributed by atoms with Gasteiger partial charge in [-0.1, -0.05) is 17.7 Å². The smallest absolute Gasteiger partial charge is 0.185 e. The molecule has 132 valence electrons. The molecule has 0 bridgehead atoms. The Hall–Kier alpha value is -2.95. The van der Waals surface area contributed by atoms with E-state index in [0.29, 0.717) is 10.6 Å². The number of thiophene rings is 1. The van der Waals surface area contributed by atoms with Crippen LogP contribution in [0.1, 0.15) is 15.2 Å². The molecule has 0 aliphatic rings. The second kappa shape index (κ2) is 7.74. The lowest BCUT2D eigenvalue weighted by Gasteiger charge is -2.10. The largest absolute Gasteiger partial charge is 0.355 e. The number of halogens is 1. The summed E-state index contributed by atoms with van der Waals surface area (Å²) in [6.45, 7) is 0. The molecule has 0 aliphatic heterocycles. The summed E-state index contributed by atoms with van der Waals surface area (Å²) in [6.07, 6.45) is 5.19. The van der Waals surface area contributed by atoms with Crippen LogP contribution in [0.15, 0.2) is 78.3 Å². The molecular formula is C22H15ClN2OS. The summed E-state index contributed by atoms with van der Waals surface area (Å²) in [5.41, 5.74) is 3.32. The van der Waals surface area contributed by atoms with Crippen LogP contribution in [-0.2, 0) is 0 Å². The molecule has 1 N–H and O–H groups in total. The summed E-state index contributed by atoms with van der Waals surface area (Å²) in [7, 11) is 0. The molecule has 0 saturated carbocycles. The molecule has 0 unspecified atom stereocenters. The Morgan fingerprint density at radius 3 is 2.70 bits per heavy atom. The molecule has 27 heavy (non-hydrogen) atoms. The molecule has 0 atom stereocenters. The third-order valence-corrected chi connectivity index (χ3v) is 5.17. The van der Waals surface area contributed by atoms with Gasteiger partial charge >= 0.3 is 0 Å². The van der Waals surface area contributed by atoms with Gasteiger partial charge in [0.2, 0.25) is 0 Å². The maximum Gasteiger partial charge on any atom is 0.185 e. The van der Waals surface area contributed by atoms with Gasteiger partial charge in [-0.25, -0.2) is 0 Å². The monoisotopic (exact) mass is 390 g/mol. The normalized spacial score (nSPS) is 11.1. The van der Waals surface area contributed by atoms with E-state index in [1.54, 1.807) is 23.6 Å². The third kappa shape index (κ3) is 4.08. The van der Waals surface area contributed by atoms with E-state index < -0.39 is 0 Å². The van der Waals surface area contributed by atoms with Crippen LogP contribution < -0.4 is 5.32 Å². The predicted octanol–water partition coefficient (Wildman–Crippen LogP) is 6.59. The standard InChI is InChI=1S/C22H15ClN2OS/c23-16-5-9-19-20(11-12-24-21(19)14-16)25-17-6-3-15(4-7-17)22(26)10-8-18-2-1-13-27-18/h1-14H,(H,24,25). The number of carbonyl (C=O) groups is 1. The second-order valence-electron chi connectivity index (χ2n) is 5.94. The molecule has 0 fully saturated rings. The molecule has 0 aliphatic carbocycles. The van der Waals surface area contributed by atoms with Crippen molar-refractivity contribution >= 4 is 57.1 Å². The number of benzene rings is 2. The molecule has 4 rings (SSSR count). The minimum Gasteiger partial charge on any atom is -0.355 e. The Kier molecular flexibility index (Phi) is 5.01. The van der Waals surface area contributed by atoms with Crippen LogP contribution in [0.3, 0.4) is 0 Å². The maximum absolute atomic E-state index is 12.3. The number of anilines is 2. The van der Waals surface area contributed by atoms with Crippen LogP contribution in [0.2, 0.25) is 5.02 Å². The molecule has 2 aromatic carbocycles. The molecule has 2 aromatic heterocycles. The third-order valence-electron chi connectivity index (χ3n) is 4.10. The summed E-state index contributed by atoms with van der Waals surface area (Å²) in [4.78, 5) is 17.7. The highest BCUT2D eigenvalue weighted by Gasteiger charge is 2.05. The summed E-state index contributed by atoms with van der Waals surface area (Å²) in [5.74, 6) is -0.0149. The van der Waals surface area contributed by atoms with E-state index in [1.165, 1.54) is 0 Å². The number of fused-ring (bicyclic) bond motifs is 1. The number of nitrogens with one attached hydrogen (secondary N) is 1. The minimum atomic E-state index is -0.0149. The number of carbonyl (C=O) groups excluding carboxylic acids is 1. The first-order chi connectivity index (χ1) is 13.2. The van der Waals surface area contributed by atoms with Crippen molar-refractivity contribution in [3.8, 4) is 0 Å². The summed E-state index contributed by atoms with van der Waals surface area (Å²) in [5, 5.41) is 7.01. The SMILES string of the molecule is O=C(C=Cc1cccs1)c1ccc(Nc2ccnc3cc(Cl)ccc23)cc1. The van der Waals surface area contributed by atoms with E-state index >= 15 is 0 Å². The second-order valence-corrected chi connectivity index (χ2v) is 7.35. The average Bonchev–Trinajstić information content (AvgIpc) is 3.20. The molecule has 0 amide bonds. The Morgan fingerprint density at radius 1 is 1.07 bits per heavy atom. The minimum absolute atomic E-state index is 0.0149. The highest BCUT2D eigenvalue weighted by Crippen LogP contribution is 2.27. The topological polar surface area (TPSA) is 42.0 Å². The molecule has 5 heteroatoms. The zero-order chi connectivity index (χ0) is 18.6. The van der Waals surface area contributed by atoms with Crippen molar-refractivity contribution in [2.24, 2.45) is 0 Å². The first-order valence-corrected chi connectivity index (χ1v) is 9.62. The number of nitrogens with zero attached hydrogens (tertiary/aromatic N) is 1. The fraction of sp³-hybridized carbons (Fsp3) is 0. The average molecular weight is 391 g/mol. The number of hydrogen-bond donors (Lipinski definition) is 1. The lowest BCUT2D eigenvalue weighted by Crippen LogP contribution is -1.96. The molecule has 0 radical (unpaired) electrons. The Bertz CT molecular complexity index is 1120. The van der Waals surface area contributed by atoms with Crippen LogP contribution in [0.4, 0.5) is 11.4 Å². The molecule has 4 aromatic rings. The van der Waals surface area contributed by atoms with Gasteiger partial charge in [-0.05, 0) is 72.1 Å². The van der Waals surface area contributed by atoms with Crippen LogP contribution in [0, 0.1) is 0 Å². The first-order valence-electron chi connectivity index (χ1n) is 8.36. The number of hydrogen-bond acceptors (Lipinski definition) is 4. The Morgan fingerprint density at radius 2 is 1.93 bits per heavy atom. The van der Waals surface area contributed by atoms with E-state index in [1.807, 2.05) is 72.1 Å². The zero-order valence-corrected chi connectivity index (χ0v) is 15.8. The highest BCUT2D eigenvalue weighted by molar-refractivity contribution is 7.10. The summed E-state index contributed by atoms with van der Waals surface area (Å²) >= 11 is 7.64. The van der Waals surface area contributed by atoms with E-state index in [-0.39, 0.29) is 5.78 Å². The van der Waals surface area contributed by atoms with E-state index in [2.05, 4.69) is 10.3 Å². The number of ketones is 1. The van der Waals surface area contributed by atoms with Gasteiger partial charge < -0.3 is 5.32 Å². The van der Waals surface area contributed by atoms with Gasteiger partial charge in [0, 0.05) is 38.4 Å². The van der Waals surface area contributed by atoms with Crippen LogP contribution in [-0.4, -0.2) is 10.8 Å². The van der Waals surface area contributed by atoms with Crippen molar-refractivity contribution in [1.29, 1.82) is 0 Å². The van der Waals surface area contributed by atoms with Crippen molar-refractivity contribution in [3.05, 3.63) is 93.8 Å². The zero-order valence-electron chi connectivity index (χ0n) is 14.2. The molecular weight excluding hydrogens is 376 g/mol.